The Balaban J connectivity index is 1.85. The van der Waals surface area contributed by atoms with Crippen molar-refractivity contribution >= 4 is 29.0 Å². The lowest BCUT2D eigenvalue weighted by molar-refractivity contribution is -0.118. The standard InChI is InChI=1S/C14H13N3OS2/c15-7-4-8-16-13(18)10-20-14-17-12(9-19-14)11-5-2-1-3-6-11/h1-3,5-6,9H,4,8,10H2,(H,16,18). The predicted molar refractivity (Wildman–Crippen MR) is 81.5 cm³/mol. The molecular weight excluding hydrogens is 290 g/mol. The quantitative estimate of drug-likeness (QED) is 0.658. The van der Waals surface area contributed by atoms with Gasteiger partial charge in [-0.1, -0.05) is 42.1 Å². The van der Waals surface area contributed by atoms with E-state index < -0.39 is 0 Å². The van der Waals surface area contributed by atoms with E-state index in [-0.39, 0.29) is 5.91 Å². The number of nitriles is 1. The van der Waals surface area contributed by atoms with Crippen molar-refractivity contribution in [2.45, 2.75) is 10.8 Å². The number of nitrogens with zero attached hydrogens (tertiary/aromatic N) is 2. The first kappa shape index (κ1) is 14.6. The highest BCUT2D eigenvalue weighted by Gasteiger charge is 2.07. The molecule has 0 saturated carbocycles. The van der Waals surface area contributed by atoms with Crippen molar-refractivity contribution in [3.63, 3.8) is 0 Å². The van der Waals surface area contributed by atoms with Crippen LogP contribution in [0.3, 0.4) is 0 Å². The molecule has 1 heterocycles. The number of benzene rings is 1. The molecule has 1 aromatic carbocycles. The van der Waals surface area contributed by atoms with Crippen molar-refractivity contribution in [3.8, 4) is 17.3 Å². The number of thiazole rings is 1. The van der Waals surface area contributed by atoms with Gasteiger partial charge in [-0.05, 0) is 0 Å². The number of hydrogen-bond acceptors (Lipinski definition) is 5. The minimum atomic E-state index is -0.0679. The third-order valence-electron chi connectivity index (χ3n) is 2.44. The smallest absolute Gasteiger partial charge is 0.230 e. The lowest BCUT2D eigenvalue weighted by atomic mass is 10.2. The molecule has 0 unspecified atom stereocenters. The van der Waals surface area contributed by atoms with Crippen LogP contribution in [-0.4, -0.2) is 23.2 Å². The van der Waals surface area contributed by atoms with Gasteiger partial charge < -0.3 is 5.32 Å². The number of nitrogens with one attached hydrogen (secondary N) is 1. The fourth-order valence-electron chi connectivity index (χ4n) is 1.50. The molecule has 1 amide bonds. The molecule has 1 aromatic heterocycles. The van der Waals surface area contributed by atoms with Crippen molar-refractivity contribution in [3.05, 3.63) is 35.7 Å². The van der Waals surface area contributed by atoms with Crippen LogP contribution in [0.15, 0.2) is 40.1 Å². The Hall–Kier alpha value is -1.84. The zero-order chi connectivity index (χ0) is 14.2. The second-order valence-corrected chi connectivity index (χ2v) is 5.99. The molecule has 2 rings (SSSR count). The Morgan fingerprint density at radius 3 is 2.95 bits per heavy atom. The number of carbonyl (C=O) groups is 1. The Morgan fingerprint density at radius 1 is 1.40 bits per heavy atom. The van der Waals surface area contributed by atoms with Crippen LogP contribution in [0.4, 0.5) is 0 Å². The van der Waals surface area contributed by atoms with Gasteiger partial charge in [0.05, 0.1) is 23.9 Å². The first-order chi connectivity index (χ1) is 9.79. The van der Waals surface area contributed by atoms with Gasteiger partial charge in [0.25, 0.3) is 0 Å². The van der Waals surface area contributed by atoms with E-state index in [1.165, 1.54) is 23.1 Å². The summed E-state index contributed by atoms with van der Waals surface area (Å²) in [5.74, 6) is 0.259. The summed E-state index contributed by atoms with van der Waals surface area (Å²) >= 11 is 2.95. The summed E-state index contributed by atoms with van der Waals surface area (Å²) in [7, 11) is 0. The average Bonchev–Trinajstić information content (AvgIpc) is 2.95. The zero-order valence-corrected chi connectivity index (χ0v) is 12.3. The Bertz CT molecular complexity index is 604. The minimum absolute atomic E-state index is 0.0679. The number of hydrogen-bond donors (Lipinski definition) is 1. The van der Waals surface area contributed by atoms with Crippen LogP contribution in [0.25, 0.3) is 11.3 Å². The molecule has 0 radical (unpaired) electrons. The fraction of sp³-hybridized carbons (Fsp3) is 0.214. The van der Waals surface area contributed by atoms with Crippen LogP contribution >= 0.6 is 23.1 Å². The number of aromatic nitrogens is 1. The Labute approximate surface area is 125 Å². The first-order valence-electron chi connectivity index (χ1n) is 6.07. The van der Waals surface area contributed by atoms with E-state index in [0.29, 0.717) is 18.7 Å². The summed E-state index contributed by atoms with van der Waals surface area (Å²) < 4.78 is 0.874. The second kappa shape index (κ2) is 7.68. The van der Waals surface area contributed by atoms with E-state index in [1.54, 1.807) is 0 Å². The maximum Gasteiger partial charge on any atom is 0.230 e. The Kier molecular flexibility index (Phi) is 5.59. The van der Waals surface area contributed by atoms with Crippen LogP contribution < -0.4 is 5.32 Å². The van der Waals surface area contributed by atoms with Gasteiger partial charge in [0.1, 0.15) is 0 Å². The van der Waals surface area contributed by atoms with Gasteiger partial charge in [0.2, 0.25) is 5.91 Å². The van der Waals surface area contributed by atoms with Gasteiger partial charge in [-0.2, -0.15) is 5.26 Å². The van der Waals surface area contributed by atoms with E-state index in [4.69, 9.17) is 5.26 Å². The lowest BCUT2D eigenvalue weighted by Crippen LogP contribution is -2.25. The maximum atomic E-state index is 11.5. The molecule has 0 aliphatic carbocycles. The van der Waals surface area contributed by atoms with Gasteiger partial charge in [-0.15, -0.1) is 11.3 Å². The first-order valence-corrected chi connectivity index (χ1v) is 7.93. The van der Waals surface area contributed by atoms with E-state index in [9.17, 15) is 4.79 Å². The molecule has 0 atom stereocenters. The van der Waals surface area contributed by atoms with Crippen molar-refractivity contribution in [2.75, 3.05) is 12.3 Å². The normalized spacial score (nSPS) is 9.95. The van der Waals surface area contributed by atoms with Crippen LogP contribution in [-0.2, 0) is 4.79 Å². The molecular formula is C14H13N3OS2. The van der Waals surface area contributed by atoms with Crippen LogP contribution in [0.2, 0.25) is 0 Å². The SMILES string of the molecule is N#CCCNC(=O)CSc1nc(-c2ccccc2)cs1. The van der Waals surface area contributed by atoms with E-state index in [1.807, 2.05) is 41.8 Å². The number of carbonyl (C=O) groups excluding carboxylic acids is 1. The van der Waals surface area contributed by atoms with Crippen molar-refractivity contribution in [1.82, 2.24) is 10.3 Å². The molecule has 0 aliphatic rings. The third kappa shape index (κ3) is 4.37. The molecule has 0 spiro atoms. The summed E-state index contributed by atoms with van der Waals surface area (Å²) in [6, 6.07) is 11.9. The summed E-state index contributed by atoms with van der Waals surface area (Å²) in [4.78, 5) is 16.0. The maximum absolute atomic E-state index is 11.5. The van der Waals surface area contributed by atoms with Gasteiger partial charge >= 0.3 is 0 Å². The molecule has 6 heteroatoms. The van der Waals surface area contributed by atoms with E-state index >= 15 is 0 Å². The summed E-state index contributed by atoms with van der Waals surface area (Å²) in [6.45, 7) is 0.406. The molecule has 2 aromatic rings. The van der Waals surface area contributed by atoms with Crippen molar-refractivity contribution in [1.29, 1.82) is 5.26 Å². The minimum Gasteiger partial charge on any atom is -0.354 e. The van der Waals surface area contributed by atoms with Gasteiger partial charge in [0, 0.05) is 17.5 Å². The van der Waals surface area contributed by atoms with Crippen LogP contribution in [0.1, 0.15) is 6.42 Å². The van der Waals surface area contributed by atoms with Crippen LogP contribution in [0.5, 0.6) is 0 Å². The second-order valence-electron chi connectivity index (χ2n) is 3.91. The fourth-order valence-corrected chi connectivity index (χ4v) is 3.17. The van der Waals surface area contributed by atoms with Gasteiger partial charge in [0.15, 0.2) is 4.34 Å². The van der Waals surface area contributed by atoms with Gasteiger partial charge in [-0.3, -0.25) is 4.79 Å². The summed E-state index contributed by atoms with van der Waals surface area (Å²) in [5.41, 5.74) is 2.01. The Morgan fingerprint density at radius 2 is 2.20 bits per heavy atom. The molecule has 4 nitrogen and oxygen atoms in total. The number of amides is 1. The summed E-state index contributed by atoms with van der Waals surface area (Å²) in [5, 5.41) is 13.1. The summed E-state index contributed by atoms with van der Waals surface area (Å²) in [6.07, 6.45) is 0.339. The highest BCUT2D eigenvalue weighted by atomic mass is 32.2. The predicted octanol–water partition coefficient (Wildman–Crippen LogP) is 2.93. The molecule has 0 aliphatic heterocycles. The highest BCUT2D eigenvalue weighted by molar-refractivity contribution is 8.01. The van der Waals surface area contributed by atoms with Crippen molar-refractivity contribution in [2.24, 2.45) is 0 Å². The topological polar surface area (TPSA) is 65.8 Å². The number of thioether (sulfide) groups is 1. The van der Waals surface area contributed by atoms with E-state index in [0.717, 1.165) is 15.6 Å². The van der Waals surface area contributed by atoms with E-state index in [2.05, 4.69) is 10.3 Å². The molecule has 1 N–H and O–H groups in total. The van der Waals surface area contributed by atoms with Gasteiger partial charge in [-0.25, -0.2) is 4.98 Å². The number of rotatable bonds is 6. The molecule has 0 saturated heterocycles. The molecule has 0 bridgehead atoms. The highest BCUT2D eigenvalue weighted by Crippen LogP contribution is 2.27. The monoisotopic (exact) mass is 303 g/mol. The van der Waals surface area contributed by atoms with Crippen molar-refractivity contribution < 1.29 is 4.79 Å². The zero-order valence-electron chi connectivity index (χ0n) is 10.7. The average molecular weight is 303 g/mol. The third-order valence-corrected chi connectivity index (χ3v) is 4.46. The molecule has 102 valence electrons. The molecule has 0 fully saturated rings. The molecule has 20 heavy (non-hydrogen) atoms. The lowest BCUT2D eigenvalue weighted by Gasteiger charge is -2.00. The largest absolute Gasteiger partial charge is 0.354 e. The van der Waals surface area contributed by atoms with Crippen LogP contribution in [0, 0.1) is 11.3 Å².